The molecule has 1 aromatic rings. The van der Waals surface area contributed by atoms with Gasteiger partial charge in [-0.05, 0) is 18.1 Å². The second-order valence-corrected chi connectivity index (χ2v) is 6.42. The zero-order valence-corrected chi connectivity index (χ0v) is 10.6. The minimum absolute atomic E-state index is 0.103. The minimum atomic E-state index is -0.535. The molecule has 0 amide bonds. The van der Waals surface area contributed by atoms with E-state index in [-0.39, 0.29) is 4.75 Å². The monoisotopic (exact) mass is 242 g/mol. The van der Waals surface area contributed by atoms with Crippen LogP contribution in [0.25, 0.3) is 0 Å². The minimum Gasteiger partial charge on any atom is -0.207 e. The van der Waals surface area contributed by atoms with E-state index in [1.165, 1.54) is 17.8 Å². The summed E-state index contributed by atoms with van der Waals surface area (Å²) in [4.78, 5) is 0.522. The van der Waals surface area contributed by atoms with Gasteiger partial charge in [0.15, 0.2) is 0 Å². The Morgan fingerprint density at radius 3 is 2.44 bits per heavy atom. The van der Waals surface area contributed by atoms with E-state index in [1.54, 1.807) is 6.08 Å². The zero-order chi connectivity index (χ0) is 12.3. The highest BCUT2D eigenvalue weighted by molar-refractivity contribution is 8.00. The molecule has 16 heavy (non-hydrogen) atoms. The van der Waals surface area contributed by atoms with E-state index in [1.807, 2.05) is 20.8 Å². The van der Waals surface area contributed by atoms with Crippen molar-refractivity contribution in [2.45, 2.75) is 36.8 Å². The van der Waals surface area contributed by atoms with Crippen LogP contribution >= 0.6 is 11.8 Å². The molecule has 0 unspecified atom stereocenters. The molecule has 1 aromatic carbocycles. The molecule has 3 heteroatoms. The van der Waals surface area contributed by atoms with Gasteiger partial charge in [-0.15, -0.1) is 18.3 Å². The average Bonchev–Trinajstić information content (AvgIpc) is 2.10. The number of allylic oxidation sites excluding steroid dienone is 1. The number of halogens is 2. The van der Waals surface area contributed by atoms with E-state index in [9.17, 15) is 8.78 Å². The Morgan fingerprint density at radius 1 is 1.31 bits per heavy atom. The first-order valence-electron chi connectivity index (χ1n) is 5.11. The lowest BCUT2D eigenvalue weighted by molar-refractivity contribution is 0.560. The van der Waals surface area contributed by atoms with Gasteiger partial charge in [-0.2, -0.15) is 0 Å². The highest BCUT2D eigenvalue weighted by Gasteiger charge is 2.18. The molecule has 0 aliphatic rings. The van der Waals surface area contributed by atoms with Gasteiger partial charge in [0.25, 0.3) is 0 Å². The molecule has 0 heterocycles. The van der Waals surface area contributed by atoms with Crippen LogP contribution in [0.4, 0.5) is 8.78 Å². The number of benzene rings is 1. The topological polar surface area (TPSA) is 0 Å². The molecule has 0 saturated heterocycles. The van der Waals surface area contributed by atoms with Gasteiger partial charge in [-0.25, -0.2) is 8.78 Å². The Labute approximate surface area is 99.8 Å². The van der Waals surface area contributed by atoms with Gasteiger partial charge < -0.3 is 0 Å². The predicted molar refractivity (Wildman–Crippen MR) is 65.9 cm³/mol. The Kier molecular flexibility index (Phi) is 4.14. The summed E-state index contributed by atoms with van der Waals surface area (Å²) in [7, 11) is 0. The molecule has 0 atom stereocenters. The van der Waals surface area contributed by atoms with Crippen molar-refractivity contribution in [3.8, 4) is 0 Å². The molecule has 1 rings (SSSR count). The van der Waals surface area contributed by atoms with Crippen molar-refractivity contribution in [3.05, 3.63) is 42.0 Å². The molecule has 0 nitrogen and oxygen atoms in total. The normalized spacial score (nSPS) is 11.6. The van der Waals surface area contributed by atoms with Crippen LogP contribution in [-0.2, 0) is 6.42 Å². The van der Waals surface area contributed by atoms with Crippen molar-refractivity contribution in [1.29, 1.82) is 0 Å². The molecule has 0 bridgehead atoms. The summed E-state index contributed by atoms with van der Waals surface area (Å²) >= 11 is 1.41. The fourth-order valence-corrected chi connectivity index (χ4v) is 2.38. The van der Waals surface area contributed by atoms with E-state index in [2.05, 4.69) is 6.58 Å². The van der Waals surface area contributed by atoms with Crippen LogP contribution in [0.15, 0.2) is 29.7 Å². The first kappa shape index (κ1) is 13.2. The summed E-state index contributed by atoms with van der Waals surface area (Å²) in [6, 6.07) is 2.31. The number of hydrogen-bond acceptors (Lipinski definition) is 1. The molecular formula is C13H16F2S. The standard InChI is InChI=1S/C13H16F2S/c1-5-6-9-7-10(14)8-11(15)12(9)16-13(2,3)4/h5,7-8H,1,6H2,2-4H3. The largest absolute Gasteiger partial charge is 0.207 e. The van der Waals surface area contributed by atoms with Crippen LogP contribution in [0.3, 0.4) is 0 Å². The first-order chi connectivity index (χ1) is 7.33. The van der Waals surface area contributed by atoms with Crippen molar-refractivity contribution in [1.82, 2.24) is 0 Å². The van der Waals surface area contributed by atoms with Gasteiger partial charge in [0.1, 0.15) is 11.6 Å². The molecule has 0 radical (unpaired) electrons. The van der Waals surface area contributed by atoms with Crippen molar-refractivity contribution in [2.24, 2.45) is 0 Å². The van der Waals surface area contributed by atoms with Gasteiger partial charge in [-0.1, -0.05) is 26.8 Å². The number of hydrogen-bond donors (Lipinski definition) is 0. The highest BCUT2D eigenvalue weighted by Crippen LogP contribution is 2.36. The van der Waals surface area contributed by atoms with E-state index in [4.69, 9.17) is 0 Å². The smallest absolute Gasteiger partial charge is 0.139 e. The summed E-state index contributed by atoms with van der Waals surface area (Å²) in [6.07, 6.45) is 2.13. The van der Waals surface area contributed by atoms with E-state index in [0.717, 1.165) is 6.07 Å². The predicted octanol–water partition coefficient (Wildman–Crippen LogP) is 4.58. The van der Waals surface area contributed by atoms with Gasteiger partial charge in [0.2, 0.25) is 0 Å². The van der Waals surface area contributed by atoms with Gasteiger partial charge in [-0.3, -0.25) is 0 Å². The maximum absolute atomic E-state index is 13.7. The molecule has 88 valence electrons. The molecular weight excluding hydrogens is 226 g/mol. The quantitative estimate of drug-likeness (QED) is 0.552. The van der Waals surface area contributed by atoms with Crippen molar-refractivity contribution in [3.63, 3.8) is 0 Å². The Morgan fingerprint density at radius 2 is 1.94 bits per heavy atom. The zero-order valence-electron chi connectivity index (χ0n) is 9.81. The van der Waals surface area contributed by atoms with Crippen molar-refractivity contribution in [2.75, 3.05) is 0 Å². The van der Waals surface area contributed by atoms with Crippen molar-refractivity contribution >= 4 is 11.8 Å². The van der Waals surface area contributed by atoms with Crippen LogP contribution < -0.4 is 0 Å². The molecule has 0 spiro atoms. The van der Waals surface area contributed by atoms with Crippen LogP contribution in [0, 0.1) is 11.6 Å². The summed E-state index contributed by atoms with van der Waals surface area (Å²) in [5.41, 5.74) is 0.660. The third kappa shape index (κ3) is 3.63. The van der Waals surface area contributed by atoms with Gasteiger partial charge in [0, 0.05) is 15.7 Å². The maximum atomic E-state index is 13.7. The van der Waals surface area contributed by atoms with E-state index < -0.39 is 11.6 Å². The Balaban J connectivity index is 3.18. The molecule has 0 aromatic heterocycles. The van der Waals surface area contributed by atoms with E-state index >= 15 is 0 Å². The van der Waals surface area contributed by atoms with Crippen LogP contribution in [0.5, 0.6) is 0 Å². The van der Waals surface area contributed by atoms with Crippen LogP contribution in [-0.4, -0.2) is 4.75 Å². The molecule has 0 N–H and O–H groups in total. The lowest BCUT2D eigenvalue weighted by Crippen LogP contribution is -2.09. The maximum Gasteiger partial charge on any atom is 0.139 e. The van der Waals surface area contributed by atoms with E-state index in [0.29, 0.717) is 16.9 Å². The highest BCUT2D eigenvalue weighted by atomic mass is 32.2. The first-order valence-corrected chi connectivity index (χ1v) is 5.93. The lowest BCUT2D eigenvalue weighted by atomic mass is 10.1. The third-order valence-corrected chi connectivity index (χ3v) is 3.13. The lowest BCUT2D eigenvalue weighted by Gasteiger charge is -2.20. The molecule has 0 aliphatic heterocycles. The molecule has 0 saturated carbocycles. The van der Waals surface area contributed by atoms with Gasteiger partial charge >= 0.3 is 0 Å². The molecule has 0 aliphatic carbocycles. The van der Waals surface area contributed by atoms with Crippen LogP contribution in [0.1, 0.15) is 26.3 Å². The summed E-state index contributed by atoms with van der Waals surface area (Å²) in [5, 5.41) is 0. The summed E-state index contributed by atoms with van der Waals surface area (Å²) in [5.74, 6) is -1.02. The number of thioether (sulfide) groups is 1. The second kappa shape index (κ2) is 5.00. The fourth-order valence-electron chi connectivity index (χ4n) is 1.34. The Bertz CT molecular complexity index is 392. The summed E-state index contributed by atoms with van der Waals surface area (Å²) in [6.45, 7) is 9.59. The van der Waals surface area contributed by atoms with Crippen molar-refractivity contribution < 1.29 is 8.78 Å². The fraction of sp³-hybridized carbons (Fsp3) is 0.385. The van der Waals surface area contributed by atoms with Crippen LogP contribution in [0.2, 0.25) is 0 Å². The Hall–Kier alpha value is -0.830. The average molecular weight is 242 g/mol. The SMILES string of the molecule is C=CCc1cc(F)cc(F)c1SC(C)(C)C. The molecule has 0 fully saturated rings. The number of rotatable bonds is 3. The third-order valence-electron chi connectivity index (χ3n) is 1.86. The second-order valence-electron chi connectivity index (χ2n) is 4.58. The van der Waals surface area contributed by atoms with Gasteiger partial charge in [0.05, 0.1) is 0 Å². The summed E-state index contributed by atoms with van der Waals surface area (Å²) < 4.78 is 26.6.